The number of hydrogen-bond donors (Lipinski definition) is 0. The van der Waals surface area contributed by atoms with Crippen LogP contribution in [0.15, 0.2) is 35.4 Å². The summed E-state index contributed by atoms with van der Waals surface area (Å²) in [5, 5.41) is 0.495. The fourth-order valence-corrected chi connectivity index (χ4v) is 2.46. The zero-order valence-electron chi connectivity index (χ0n) is 10.2. The summed E-state index contributed by atoms with van der Waals surface area (Å²) >= 11 is 0. The van der Waals surface area contributed by atoms with E-state index in [4.69, 9.17) is 0 Å². The molecule has 19 heavy (non-hydrogen) atoms. The summed E-state index contributed by atoms with van der Waals surface area (Å²) in [6.07, 6.45) is 2.06. The van der Waals surface area contributed by atoms with Crippen molar-refractivity contribution in [1.29, 1.82) is 0 Å². The van der Waals surface area contributed by atoms with Gasteiger partial charge < -0.3 is 0 Å². The lowest BCUT2D eigenvalue weighted by Gasteiger charge is -2.21. The summed E-state index contributed by atoms with van der Waals surface area (Å²) in [4.78, 5) is 39.6. The van der Waals surface area contributed by atoms with Crippen LogP contribution in [0.5, 0.6) is 0 Å². The molecule has 1 unspecified atom stereocenters. The highest BCUT2D eigenvalue weighted by molar-refractivity contribution is 6.03. The van der Waals surface area contributed by atoms with Gasteiger partial charge in [0.05, 0.1) is 29.7 Å². The normalized spacial score (nSPS) is 19.9. The second-order valence-electron chi connectivity index (χ2n) is 4.71. The van der Waals surface area contributed by atoms with Gasteiger partial charge in [-0.1, -0.05) is 12.1 Å². The molecule has 0 aliphatic heterocycles. The minimum absolute atomic E-state index is 0.0527. The van der Waals surface area contributed by atoms with Gasteiger partial charge in [0.25, 0.3) is 5.56 Å². The molecule has 1 saturated carbocycles. The van der Waals surface area contributed by atoms with Gasteiger partial charge in [-0.05, 0) is 18.6 Å². The topological polar surface area (TPSA) is 69.0 Å². The Bertz CT molecular complexity index is 733. The van der Waals surface area contributed by atoms with Crippen molar-refractivity contribution >= 4 is 22.5 Å². The molecule has 1 atom stereocenters. The van der Waals surface area contributed by atoms with Gasteiger partial charge in [-0.15, -0.1) is 0 Å². The van der Waals surface area contributed by atoms with Gasteiger partial charge in [0.1, 0.15) is 5.78 Å². The highest BCUT2D eigenvalue weighted by Crippen LogP contribution is 2.22. The fraction of sp³-hybridized carbons (Fsp3) is 0.286. The zero-order valence-corrected chi connectivity index (χ0v) is 10.2. The molecule has 0 radical (unpaired) electrons. The third-order valence-corrected chi connectivity index (χ3v) is 3.47. The highest BCUT2D eigenvalue weighted by Gasteiger charge is 2.29. The number of aromatic nitrogens is 2. The third kappa shape index (κ3) is 1.97. The molecular formula is C14H12N2O3. The summed E-state index contributed by atoms with van der Waals surface area (Å²) in [7, 11) is 0. The third-order valence-electron chi connectivity index (χ3n) is 3.47. The zero-order chi connectivity index (χ0) is 13.4. The van der Waals surface area contributed by atoms with E-state index in [9.17, 15) is 14.4 Å². The maximum Gasteiger partial charge on any atom is 0.261 e. The molecule has 1 heterocycles. The Morgan fingerprint density at radius 2 is 1.95 bits per heavy atom. The predicted molar refractivity (Wildman–Crippen MR) is 68.9 cm³/mol. The van der Waals surface area contributed by atoms with E-state index in [1.165, 1.54) is 10.9 Å². The molecule has 0 amide bonds. The average Bonchev–Trinajstić information content (AvgIpc) is 2.41. The van der Waals surface area contributed by atoms with E-state index in [0.717, 1.165) is 0 Å². The molecule has 0 spiro atoms. The molecule has 1 aliphatic rings. The lowest BCUT2D eigenvalue weighted by molar-refractivity contribution is -0.132. The van der Waals surface area contributed by atoms with Gasteiger partial charge in [-0.25, -0.2) is 4.98 Å². The molecule has 1 aromatic heterocycles. The van der Waals surface area contributed by atoms with E-state index in [2.05, 4.69) is 4.98 Å². The van der Waals surface area contributed by atoms with Crippen molar-refractivity contribution in [1.82, 2.24) is 9.55 Å². The van der Waals surface area contributed by atoms with Gasteiger partial charge in [-0.3, -0.25) is 19.0 Å². The van der Waals surface area contributed by atoms with Crippen LogP contribution in [0.2, 0.25) is 0 Å². The molecule has 0 N–H and O–H groups in total. The van der Waals surface area contributed by atoms with Gasteiger partial charge >= 0.3 is 0 Å². The van der Waals surface area contributed by atoms with E-state index in [1.54, 1.807) is 18.2 Å². The molecule has 2 aromatic rings. The van der Waals surface area contributed by atoms with Gasteiger partial charge in [0.2, 0.25) is 0 Å². The van der Waals surface area contributed by atoms with Crippen LogP contribution in [0.4, 0.5) is 0 Å². The monoisotopic (exact) mass is 256 g/mol. The Morgan fingerprint density at radius 1 is 1.16 bits per heavy atom. The van der Waals surface area contributed by atoms with Crippen molar-refractivity contribution in [2.75, 3.05) is 0 Å². The second kappa shape index (κ2) is 4.42. The summed E-state index contributed by atoms with van der Waals surface area (Å²) in [5.74, 6) is -0.251. The first-order valence-electron chi connectivity index (χ1n) is 6.17. The number of carbonyl (C=O) groups excluding carboxylic acids is 2. The standard InChI is InChI=1S/C14H12N2O3/c17-9-5-6-12(13(18)7-9)16-8-15-11-4-2-1-3-10(11)14(16)19/h1-4,8,12H,5-7H2. The largest absolute Gasteiger partial charge is 0.299 e. The second-order valence-corrected chi connectivity index (χ2v) is 4.71. The number of hydrogen-bond acceptors (Lipinski definition) is 4. The molecule has 96 valence electrons. The Morgan fingerprint density at radius 3 is 2.74 bits per heavy atom. The molecule has 5 heteroatoms. The van der Waals surface area contributed by atoms with Crippen molar-refractivity contribution in [3.05, 3.63) is 40.9 Å². The van der Waals surface area contributed by atoms with Crippen LogP contribution < -0.4 is 5.56 Å². The average molecular weight is 256 g/mol. The summed E-state index contributed by atoms with van der Waals surface area (Å²) in [6, 6.07) is 6.47. The lowest BCUT2D eigenvalue weighted by atomic mass is 9.93. The van der Waals surface area contributed by atoms with Crippen LogP contribution in [0.1, 0.15) is 25.3 Å². The van der Waals surface area contributed by atoms with E-state index in [-0.39, 0.29) is 23.5 Å². The summed E-state index contributed by atoms with van der Waals surface area (Å²) in [5.41, 5.74) is 0.390. The minimum atomic E-state index is -0.553. The molecule has 1 fully saturated rings. The first-order chi connectivity index (χ1) is 9.16. The Hall–Kier alpha value is -2.30. The minimum Gasteiger partial charge on any atom is -0.299 e. The van der Waals surface area contributed by atoms with E-state index in [1.807, 2.05) is 6.07 Å². The van der Waals surface area contributed by atoms with Crippen LogP contribution >= 0.6 is 0 Å². The number of fused-ring (bicyclic) bond motifs is 1. The summed E-state index contributed by atoms with van der Waals surface area (Å²) < 4.78 is 1.36. The Kier molecular flexibility index (Phi) is 2.74. The number of para-hydroxylation sites is 1. The van der Waals surface area contributed by atoms with E-state index >= 15 is 0 Å². The molecule has 1 aromatic carbocycles. The van der Waals surface area contributed by atoms with Crippen LogP contribution in [0, 0.1) is 0 Å². The number of rotatable bonds is 1. The molecule has 0 saturated heterocycles. The quantitative estimate of drug-likeness (QED) is 0.720. The molecule has 0 bridgehead atoms. The number of Topliss-reactive ketones (excluding diaryl/α,β-unsaturated/α-hetero) is 2. The maximum atomic E-state index is 12.3. The van der Waals surface area contributed by atoms with Crippen molar-refractivity contribution in [2.24, 2.45) is 0 Å². The first kappa shape index (κ1) is 11.8. The van der Waals surface area contributed by atoms with Crippen molar-refractivity contribution in [3.63, 3.8) is 0 Å². The van der Waals surface area contributed by atoms with Gasteiger partial charge in [0.15, 0.2) is 5.78 Å². The van der Waals surface area contributed by atoms with E-state index < -0.39 is 6.04 Å². The molecule has 3 rings (SSSR count). The Labute approximate surface area is 108 Å². The molecule has 1 aliphatic carbocycles. The molecule has 5 nitrogen and oxygen atoms in total. The first-order valence-corrected chi connectivity index (χ1v) is 6.17. The van der Waals surface area contributed by atoms with Crippen LogP contribution in [-0.4, -0.2) is 21.1 Å². The van der Waals surface area contributed by atoms with Gasteiger partial charge in [-0.2, -0.15) is 0 Å². The smallest absolute Gasteiger partial charge is 0.261 e. The predicted octanol–water partition coefficient (Wildman–Crippen LogP) is 1.26. The van der Waals surface area contributed by atoms with Crippen LogP contribution in [0.3, 0.4) is 0 Å². The maximum absolute atomic E-state index is 12.3. The highest BCUT2D eigenvalue weighted by atomic mass is 16.2. The fourth-order valence-electron chi connectivity index (χ4n) is 2.46. The molecular weight excluding hydrogens is 244 g/mol. The lowest BCUT2D eigenvalue weighted by Crippen LogP contribution is -2.34. The Balaban J connectivity index is 2.11. The van der Waals surface area contributed by atoms with E-state index in [0.29, 0.717) is 23.7 Å². The van der Waals surface area contributed by atoms with Gasteiger partial charge in [0, 0.05) is 6.42 Å². The van der Waals surface area contributed by atoms with Crippen molar-refractivity contribution in [2.45, 2.75) is 25.3 Å². The summed E-state index contributed by atoms with van der Waals surface area (Å²) in [6.45, 7) is 0. The number of carbonyl (C=O) groups is 2. The SMILES string of the molecule is O=C1CCC(n2cnc3ccccc3c2=O)C(=O)C1. The number of ketones is 2. The van der Waals surface area contributed by atoms with Crippen LogP contribution in [0.25, 0.3) is 10.9 Å². The van der Waals surface area contributed by atoms with Crippen LogP contribution in [-0.2, 0) is 9.59 Å². The van der Waals surface area contributed by atoms with Crippen molar-refractivity contribution in [3.8, 4) is 0 Å². The number of nitrogens with zero attached hydrogens (tertiary/aromatic N) is 2. The van der Waals surface area contributed by atoms with Crippen molar-refractivity contribution < 1.29 is 9.59 Å². The number of benzene rings is 1.